The van der Waals surface area contributed by atoms with Crippen molar-refractivity contribution >= 4 is 11.7 Å². The van der Waals surface area contributed by atoms with Crippen molar-refractivity contribution in [2.45, 2.75) is 31.8 Å². The van der Waals surface area contributed by atoms with Crippen LogP contribution in [0.2, 0.25) is 0 Å². The van der Waals surface area contributed by atoms with Gasteiger partial charge in [0.1, 0.15) is 0 Å². The molecule has 1 saturated heterocycles. The number of hydrogen-bond acceptors (Lipinski definition) is 3. The van der Waals surface area contributed by atoms with Crippen molar-refractivity contribution in [1.29, 1.82) is 0 Å². The van der Waals surface area contributed by atoms with Gasteiger partial charge in [-0.1, -0.05) is 37.0 Å². The van der Waals surface area contributed by atoms with E-state index >= 15 is 0 Å². The average Bonchev–Trinajstić information content (AvgIpc) is 3.22. The molecule has 0 radical (unpaired) electrons. The molecule has 2 N–H and O–H groups in total. The summed E-state index contributed by atoms with van der Waals surface area (Å²) >= 11 is 0. The van der Waals surface area contributed by atoms with Gasteiger partial charge in [0, 0.05) is 42.9 Å². The maximum Gasteiger partial charge on any atom is 0.317 e. The van der Waals surface area contributed by atoms with Crippen LogP contribution in [0.15, 0.2) is 48.5 Å². The van der Waals surface area contributed by atoms with E-state index in [0.717, 1.165) is 35.2 Å². The Kier molecular flexibility index (Phi) is 5.96. The SMILES string of the molecule is CCCNC(=O)N1CC[C@@H]2[C@H]1c1cc(C#Cc3ccccc3)ccc1N(C)[C@@H]2CO. The fourth-order valence-electron chi connectivity index (χ4n) is 4.76. The second-order valence-corrected chi connectivity index (χ2v) is 8.07. The fraction of sp³-hybridized carbons (Fsp3) is 0.400. The number of aliphatic hydroxyl groups is 1. The van der Waals surface area contributed by atoms with Gasteiger partial charge in [-0.25, -0.2) is 4.79 Å². The van der Waals surface area contributed by atoms with Crippen LogP contribution in [0.5, 0.6) is 0 Å². The quantitative estimate of drug-likeness (QED) is 0.773. The number of benzene rings is 2. The minimum atomic E-state index is -0.0383. The fourth-order valence-corrected chi connectivity index (χ4v) is 4.76. The minimum Gasteiger partial charge on any atom is -0.394 e. The highest BCUT2D eigenvalue weighted by Gasteiger charge is 2.47. The summed E-state index contributed by atoms with van der Waals surface area (Å²) in [5.41, 5.74) is 4.10. The van der Waals surface area contributed by atoms with Gasteiger partial charge in [-0.05, 0) is 48.7 Å². The standard InChI is InChI=1S/C25H29N3O2/c1-3-14-26-25(30)28-15-13-20-23(17-29)27(2)22-12-11-19(16-21(22)24(20)28)10-9-18-7-5-4-6-8-18/h4-8,11-12,16,20,23-24,29H,3,13-15,17H2,1-2H3,(H,26,30)/t20-,23+,24-/m0/s1. The van der Waals surface area contributed by atoms with Gasteiger partial charge in [0.25, 0.3) is 0 Å². The molecule has 0 unspecified atom stereocenters. The molecule has 0 aliphatic carbocycles. The number of carbonyl (C=O) groups is 1. The molecule has 30 heavy (non-hydrogen) atoms. The van der Waals surface area contributed by atoms with E-state index in [0.29, 0.717) is 13.1 Å². The second-order valence-electron chi connectivity index (χ2n) is 8.07. The zero-order valence-electron chi connectivity index (χ0n) is 17.6. The first-order valence-corrected chi connectivity index (χ1v) is 10.7. The molecule has 0 bridgehead atoms. The zero-order valence-corrected chi connectivity index (χ0v) is 17.6. The second kappa shape index (κ2) is 8.81. The van der Waals surface area contributed by atoms with Crippen molar-refractivity contribution in [2.75, 3.05) is 31.6 Å². The van der Waals surface area contributed by atoms with E-state index in [4.69, 9.17) is 0 Å². The predicted octanol–water partition coefficient (Wildman–Crippen LogP) is 3.38. The largest absolute Gasteiger partial charge is 0.394 e. The number of fused-ring (bicyclic) bond motifs is 3. The van der Waals surface area contributed by atoms with E-state index < -0.39 is 0 Å². The third-order valence-electron chi connectivity index (χ3n) is 6.26. The molecule has 2 aliphatic heterocycles. The van der Waals surface area contributed by atoms with Gasteiger partial charge in [-0.15, -0.1) is 0 Å². The lowest BCUT2D eigenvalue weighted by Gasteiger charge is -2.44. The molecule has 2 aromatic carbocycles. The number of anilines is 1. The summed E-state index contributed by atoms with van der Waals surface area (Å²) in [5.74, 6) is 6.70. The molecule has 3 atom stereocenters. The molecule has 0 saturated carbocycles. The summed E-state index contributed by atoms with van der Waals surface area (Å²) in [6.45, 7) is 3.51. The van der Waals surface area contributed by atoms with Crippen LogP contribution >= 0.6 is 0 Å². The monoisotopic (exact) mass is 403 g/mol. The number of nitrogens with zero attached hydrogens (tertiary/aromatic N) is 2. The number of amides is 2. The van der Waals surface area contributed by atoms with Gasteiger partial charge in [0.15, 0.2) is 0 Å². The Morgan fingerprint density at radius 1 is 1.17 bits per heavy atom. The molecule has 0 spiro atoms. The lowest BCUT2D eigenvalue weighted by atomic mass is 9.81. The third kappa shape index (κ3) is 3.76. The Labute approximate surface area is 178 Å². The van der Waals surface area contributed by atoms with E-state index in [1.54, 1.807) is 0 Å². The van der Waals surface area contributed by atoms with Gasteiger partial charge >= 0.3 is 6.03 Å². The van der Waals surface area contributed by atoms with E-state index in [1.807, 2.05) is 48.3 Å². The van der Waals surface area contributed by atoms with Crippen LogP contribution in [0.4, 0.5) is 10.5 Å². The third-order valence-corrected chi connectivity index (χ3v) is 6.26. The molecule has 4 rings (SSSR count). The molecule has 1 fully saturated rings. The molecule has 2 aliphatic rings. The molecule has 2 heterocycles. The van der Waals surface area contributed by atoms with Crippen LogP contribution in [-0.4, -0.2) is 48.8 Å². The molecule has 156 valence electrons. The number of carbonyl (C=O) groups excluding carboxylic acids is 1. The molecule has 0 aromatic heterocycles. The van der Waals surface area contributed by atoms with Gasteiger partial charge in [0.2, 0.25) is 0 Å². The minimum absolute atomic E-state index is 0.00716. The van der Waals surface area contributed by atoms with Crippen LogP contribution in [-0.2, 0) is 0 Å². The Morgan fingerprint density at radius 3 is 2.67 bits per heavy atom. The Morgan fingerprint density at radius 2 is 1.93 bits per heavy atom. The van der Waals surface area contributed by atoms with Gasteiger partial charge in [-0.2, -0.15) is 0 Å². The van der Waals surface area contributed by atoms with Crippen molar-refractivity contribution in [2.24, 2.45) is 5.92 Å². The summed E-state index contributed by atoms with van der Waals surface area (Å²) in [6.07, 6.45) is 1.80. The lowest BCUT2D eigenvalue weighted by Crippen LogP contribution is -2.49. The highest BCUT2D eigenvalue weighted by atomic mass is 16.3. The lowest BCUT2D eigenvalue weighted by molar-refractivity contribution is 0.161. The highest BCUT2D eigenvalue weighted by molar-refractivity contribution is 5.76. The summed E-state index contributed by atoms with van der Waals surface area (Å²) in [5, 5.41) is 13.1. The van der Waals surface area contributed by atoms with E-state index in [-0.39, 0.29) is 30.6 Å². The number of likely N-dealkylation sites (tertiary alicyclic amines) is 1. The van der Waals surface area contributed by atoms with Crippen molar-refractivity contribution in [1.82, 2.24) is 10.2 Å². The molecule has 2 amide bonds. The van der Waals surface area contributed by atoms with Crippen molar-refractivity contribution in [3.63, 3.8) is 0 Å². The maximum absolute atomic E-state index is 12.9. The van der Waals surface area contributed by atoms with Gasteiger partial charge in [-0.3, -0.25) is 0 Å². The number of hydrogen-bond donors (Lipinski definition) is 2. The normalized spacial score (nSPS) is 22.0. The van der Waals surface area contributed by atoms with Crippen LogP contribution in [0.3, 0.4) is 0 Å². The molecule has 5 heteroatoms. The number of nitrogens with one attached hydrogen (secondary N) is 1. The molecule has 2 aromatic rings. The zero-order chi connectivity index (χ0) is 21.1. The first kappa shape index (κ1) is 20.3. The van der Waals surface area contributed by atoms with Crippen molar-refractivity contribution in [3.05, 3.63) is 65.2 Å². The number of rotatable bonds is 3. The number of aliphatic hydroxyl groups excluding tert-OH is 1. The maximum atomic E-state index is 12.9. The Balaban J connectivity index is 1.71. The summed E-state index contributed by atoms with van der Waals surface area (Å²) < 4.78 is 0. The van der Waals surface area contributed by atoms with Gasteiger partial charge in [0.05, 0.1) is 18.7 Å². The number of likely N-dealkylation sites (N-methyl/N-ethyl adjacent to an activating group) is 1. The number of urea groups is 1. The molecular formula is C25H29N3O2. The molecular weight excluding hydrogens is 374 g/mol. The van der Waals surface area contributed by atoms with Crippen LogP contribution in [0.25, 0.3) is 0 Å². The van der Waals surface area contributed by atoms with Crippen molar-refractivity contribution in [3.8, 4) is 11.8 Å². The summed E-state index contributed by atoms with van der Waals surface area (Å²) in [6, 6.07) is 16.1. The van der Waals surface area contributed by atoms with Crippen molar-refractivity contribution < 1.29 is 9.90 Å². The van der Waals surface area contributed by atoms with Crippen LogP contribution in [0.1, 0.15) is 42.5 Å². The van der Waals surface area contributed by atoms with Crippen LogP contribution < -0.4 is 10.2 Å². The van der Waals surface area contributed by atoms with E-state index in [2.05, 4.69) is 41.1 Å². The Hall–Kier alpha value is -2.97. The Bertz CT molecular complexity index is 963. The summed E-state index contributed by atoms with van der Waals surface area (Å²) in [7, 11) is 2.03. The summed E-state index contributed by atoms with van der Waals surface area (Å²) in [4.78, 5) is 17.0. The first-order valence-electron chi connectivity index (χ1n) is 10.7. The van der Waals surface area contributed by atoms with E-state index in [1.165, 1.54) is 0 Å². The van der Waals surface area contributed by atoms with E-state index in [9.17, 15) is 9.90 Å². The average molecular weight is 404 g/mol. The molecule has 5 nitrogen and oxygen atoms in total. The van der Waals surface area contributed by atoms with Gasteiger partial charge < -0.3 is 20.2 Å². The topological polar surface area (TPSA) is 55.8 Å². The first-order chi connectivity index (χ1) is 14.6. The highest BCUT2D eigenvalue weighted by Crippen LogP contribution is 2.48. The predicted molar refractivity (Wildman–Crippen MR) is 119 cm³/mol. The smallest absolute Gasteiger partial charge is 0.317 e. The van der Waals surface area contributed by atoms with Crippen LogP contribution in [0, 0.1) is 17.8 Å².